The van der Waals surface area contributed by atoms with E-state index in [4.69, 9.17) is 0 Å². The second-order valence-corrected chi connectivity index (χ2v) is 6.21. The first kappa shape index (κ1) is 17.7. The smallest absolute Gasteiger partial charge is 0.261 e. The number of amides is 2. The van der Waals surface area contributed by atoms with Crippen LogP contribution in [0, 0.1) is 18.6 Å². The number of hydrogen-bond donors (Lipinski definition) is 2. The summed E-state index contributed by atoms with van der Waals surface area (Å²) in [5, 5.41) is 7.26. The van der Waals surface area contributed by atoms with E-state index in [-0.39, 0.29) is 5.69 Å². The molecule has 0 atom stereocenters. The maximum atomic E-state index is 13.8. The van der Waals surface area contributed by atoms with Crippen LogP contribution in [-0.4, -0.2) is 16.8 Å². The zero-order chi connectivity index (χ0) is 18.7. The van der Waals surface area contributed by atoms with Crippen LogP contribution >= 0.6 is 11.3 Å². The van der Waals surface area contributed by atoms with Crippen molar-refractivity contribution >= 4 is 34.0 Å². The Bertz CT molecular complexity index is 954. The van der Waals surface area contributed by atoms with Crippen LogP contribution in [-0.2, 0) is 0 Å². The van der Waals surface area contributed by atoms with E-state index in [2.05, 4.69) is 15.6 Å². The third kappa shape index (κ3) is 3.60. The lowest BCUT2D eigenvalue weighted by molar-refractivity contribution is 0.101. The van der Waals surface area contributed by atoms with E-state index in [1.54, 1.807) is 36.7 Å². The number of benzene rings is 2. The molecule has 132 valence electrons. The van der Waals surface area contributed by atoms with Crippen molar-refractivity contribution in [2.75, 3.05) is 10.6 Å². The number of carbonyl (C=O) groups is 2. The summed E-state index contributed by atoms with van der Waals surface area (Å²) in [5.74, 6) is -3.25. The standard InChI is InChI=1S/C18H13F2N3O2S/c1-10-11(16(24)23-18-21-8-9-26-18)4-2-7-14(10)22-17(25)15-12(19)5-3-6-13(15)20/h2-9H,1H3,(H,22,25)(H,21,23,24). The first-order valence-corrected chi connectivity index (χ1v) is 8.41. The minimum absolute atomic E-state index is 0.282. The van der Waals surface area contributed by atoms with E-state index in [1.807, 2.05) is 0 Å². The second kappa shape index (κ2) is 7.40. The Morgan fingerprint density at radius 1 is 1.00 bits per heavy atom. The Labute approximate surface area is 151 Å². The van der Waals surface area contributed by atoms with Crippen LogP contribution in [0.3, 0.4) is 0 Å². The van der Waals surface area contributed by atoms with Crippen molar-refractivity contribution in [1.29, 1.82) is 0 Å². The molecule has 2 amide bonds. The molecule has 1 aromatic heterocycles. The van der Waals surface area contributed by atoms with Gasteiger partial charge in [-0.3, -0.25) is 14.9 Å². The normalized spacial score (nSPS) is 10.4. The van der Waals surface area contributed by atoms with Crippen LogP contribution < -0.4 is 10.6 Å². The molecule has 0 bridgehead atoms. The lowest BCUT2D eigenvalue weighted by Crippen LogP contribution is -2.18. The van der Waals surface area contributed by atoms with Gasteiger partial charge in [-0.2, -0.15) is 0 Å². The van der Waals surface area contributed by atoms with Crippen LogP contribution in [0.15, 0.2) is 48.0 Å². The number of rotatable bonds is 4. The average molecular weight is 373 g/mol. The highest BCUT2D eigenvalue weighted by atomic mass is 32.1. The number of nitrogens with zero attached hydrogens (tertiary/aromatic N) is 1. The number of anilines is 2. The average Bonchev–Trinajstić information content (AvgIpc) is 3.09. The lowest BCUT2D eigenvalue weighted by atomic mass is 10.1. The largest absolute Gasteiger partial charge is 0.322 e. The fourth-order valence-electron chi connectivity index (χ4n) is 2.37. The molecule has 0 spiro atoms. The van der Waals surface area contributed by atoms with Crippen molar-refractivity contribution in [2.45, 2.75) is 6.92 Å². The Morgan fingerprint density at radius 2 is 1.69 bits per heavy atom. The molecule has 3 rings (SSSR count). The lowest BCUT2D eigenvalue weighted by Gasteiger charge is -2.12. The molecule has 3 aromatic rings. The summed E-state index contributed by atoms with van der Waals surface area (Å²) in [5.41, 5.74) is 0.382. The maximum absolute atomic E-state index is 13.8. The van der Waals surface area contributed by atoms with Crippen LogP contribution in [0.2, 0.25) is 0 Å². The van der Waals surface area contributed by atoms with E-state index in [1.165, 1.54) is 17.4 Å². The van der Waals surface area contributed by atoms with E-state index in [0.717, 1.165) is 12.1 Å². The monoisotopic (exact) mass is 373 g/mol. The topological polar surface area (TPSA) is 71.1 Å². The highest BCUT2D eigenvalue weighted by Crippen LogP contribution is 2.22. The number of nitrogens with one attached hydrogen (secondary N) is 2. The zero-order valence-corrected chi connectivity index (χ0v) is 14.4. The highest BCUT2D eigenvalue weighted by Gasteiger charge is 2.19. The summed E-state index contributed by atoms with van der Waals surface area (Å²) in [6.07, 6.45) is 1.56. The summed E-state index contributed by atoms with van der Waals surface area (Å²) < 4.78 is 27.5. The van der Waals surface area contributed by atoms with Crippen molar-refractivity contribution in [2.24, 2.45) is 0 Å². The Hall–Kier alpha value is -3.13. The molecule has 0 fully saturated rings. The van der Waals surface area contributed by atoms with Crippen LogP contribution in [0.25, 0.3) is 0 Å². The van der Waals surface area contributed by atoms with Crippen molar-refractivity contribution in [1.82, 2.24) is 4.98 Å². The van der Waals surface area contributed by atoms with Gasteiger partial charge in [0.25, 0.3) is 11.8 Å². The number of carbonyl (C=O) groups excluding carboxylic acids is 2. The molecule has 0 unspecified atom stereocenters. The van der Waals surface area contributed by atoms with Gasteiger partial charge in [0.2, 0.25) is 0 Å². The Balaban J connectivity index is 1.85. The second-order valence-electron chi connectivity index (χ2n) is 5.32. The van der Waals surface area contributed by atoms with E-state index >= 15 is 0 Å². The number of halogens is 2. The van der Waals surface area contributed by atoms with Gasteiger partial charge in [-0.15, -0.1) is 11.3 Å². The third-order valence-corrected chi connectivity index (χ3v) is 4.36. The highest BCUT2D eigenvalue weighted by molar-refractivity contribution is 7.13. The maximum Gasteiger partial charge on any atom is 0.261 e. The van der Waals surface area contributed by atoms with Crippen molar-refractivity contribution < 1.29 is 18.4 Å². The summed E-state index contributed by atoms with van der Waals surface area (Å²) in [6.45, 7) is 1.63. The Kier molecular flexibility index (Phi) is 5.04. The van der Waals surface area contributed by atoms with Crippen molar-refractivity contribution in [3.05, 3.63) is 76.3 Å². The summed E-state index contributed by atoms with van der Waals surface area (Å²) in [6, 6.07) is 7.88. The first-order chi connectivity index (χ1) is 12.5. The zero-order valence-electron chi connectivity index (χ0n) is 13.5. The molecule has 0 aliphatic carbocycles. The fourth-order valence-corrected chi connectivity index (χ4v) is 2.89. The molecule has 0 radical (unpaired) electrons. The van der Waals surface area contributed by atoms with Gasteiger partial charge >= 0.3 is 0 Å². The molecule has 1 heterocycles. The minimum atomic E-state index is -0.960. The number of hydrogen-bond acceptors (Lipinski definition) is 4. The molecule has 0 saturated heterocycles. The van der Waals surface area contributed by atoms with Crippen LogP contribution in [0.5, 0.6) is 0 Å². The van der Waals surface area contributed by atoms with Crippen LogP contribution in [0.4, 0.5) is 19.6 Å². The van der Waals surface area contributed by atoms with Gasteiger partial charge in [0.1, 0.15) is 17.2 Å². The SMILES string of the molecule is Cc1c(NC(=O)c2c(F)cccc2F)cccc1C(=O)Nc1nccs1. The first-order valence-electron chi connectivity index (χ1n) is 7.53. The fraction of sp³-hybridized carbons (Fsp3) is 0.0556. The summed E-state index contributed by atoms with van der Waals surface area (Å²) in [4.78, 5) is 28.6. The number of thiazole rings is 1. The van der Waals surface area contributed by atoms with Gasteiger partial charge in [0, 0.05) is 22.8 Å². The third-order valence-electron chi connectivity index (χ3n) is 3.67. The molecule has 0 aliphatic rings. The Morgan fingerprint density at radius 3 is 2.35 bits per heavy atom. The molecule has 0 saturated carbocycles. The van der Waals surface area contributed by atoms with Gasteiger partial charge < -0.3 is 5.32 Å². The van der Waals surface area contributed by atoms with Gasteiger partial charge in [-0.1, -0.05) is 12.1 Å². The van der Waals surface area contributed by atoms with Gasteiger partial charge in [-0.25, -0.2) is 13.8 Å². The minimum Gasteiger partial charge on any atom is -0.322 e. The van der Waals surface area contributed by atoms with Gasteiger partial charge in [0.15, 0.2) is 5.13 Å². The summed E-state index contributed by atoms with van der Waals surface area (Å²) >= 11 is 1.27. The van der Waals surface area contributed by atoms with Gasteiger partial charge in [0.05, 0.1) is 0 Å². The molecule has 5 nitrogen and oxygen atoms in total. The predicted molar refractivity (Wildman–Crippen MR) is 95.6 cm³/mol. The van der Waals surface area contributed by atoms with E-state index in [9.17, 15) is 18.4 Å². The molecule has 8 heteroatoms. The molecule has 2 N–H and O–H groups in total. The van der Waals surface area contributed by atoms with Crippen molar-refractivity contribution in [3.8, 4) is 0 Å². The van der Waals surface area contributed by atoms with Gasteiger partial charge in [-0.05, 0) is 36.8 Å². The predicted octanol–water partition coefficient (Wildman–Crippen LogP) is 4.23. The molecular weight excluding hydrogens is 360 g/mol. The molecule has 2 aromatic carbocycles. The number of aromatic nitrogens is 1. The quantitative estimate of drug-likeness (QED) is 0.719. The molecule has 0 aliphatic heterocycles. The van der Waals surface area contributed by atoms with E-state index in [0.29, 0.717) is 16.3 Å². The summed E-state index contributed by atoms with van der Waals surface area (Å²) in [7, 11) is 0. The molecular formula is C18H13F2N3O2S. The van der Waals surface area contributed by atoms with Crippen LogP contribution in [0.1, 0.15) is 26.3 Å². The van der Waals surface area contributed by atoms with Crippen molar-refractivity contribution in [3.63, 3.8) is 0 Å². The van der Waals surface area contributed by atoms with E-state index < -0.39 is 29.0 Å². The molecule has 26 heavy (non-hydrogen) atoms.